The van der Waals surface area contributed by atoms with Crippen molar-refractivity contribution in [1.29, 1.82) is 0 Å². The molecular weight excluding hydrogens is 238 g/mol. The number of carbonyl (C=O) groups excluding carboxylic acids is 1. The molecule has 0 aliphatic rings. The molecular formula is C15H17N3O. The lowest BCUT2D eigenvalue weighted by Gasteiger charge is -2.08. The first-order valence-electron chi connectivity index (χ1n) is 6.13. The van der Waals surface area contributed by atoms with Crippen LogP contribution in [0, 0.1) is 13.8 Å². The summed E-state index contributed by atoms with van der Waals surface area (Å²) in [4.78, 5) is 16.2. The third-order valence-corrected chi connectivity index (χ3v) is 3.08. The smallest absolute Gasteiger partial charge is 0.251 e. The fourth-order valence-corrected chi connectivity index (χ4v) is 1.75. The Morgan fingerprint density at radius 3 is 2.74 bits per heavy atom. The number of nitrogens with zero attached hydrogens (tertiary/aromatic N) is 1. The molecule has 19 heavy (non-hydrogen) atoms. The number of aryl methyl sites for hydroxylation is 2. The lowest BCUT2D eigenvalue weighted by molar-refractivity contribution is 0.0950. The topological polar surface area (TPSA) is 68.0 Å². The van der Waals surface area contributed by atoms with Gasteiger partial charge in [-0.1, -0.05) is 12.1 Å². The number of rotatable bonds is 3. The van der Waals surface area contributed by atoms with Gasteiger partial charge in [-0.3, -0.25) is 9.78 Å². The number of benzene rings is 1. The monoisotopic (exact) mass is 255 g/mol. The summed E-state index contributed by atoms with van der Waals surface area (Å²) in [5.74, 6) is -0.142. The van der Waals surface area contributed by atoms with Gasteiger partial charge < -0.3 is 11.1 Å². The highest BCUT2D eigenvalue weighted by Gasteiger charge is 2.07. The van der Waals surface area contributed by atoms with Crippen LogP contribution >= 0.6 is 0 Å². The van der Waals surface area contributed by atoms with Crippen molar-refractivity contribution in [2.45, 2.75) is 20.4 Å². The van der Waals surface area contributed by atoms with Crippen molar-refractivity contribution in [3.05, 3.63) is 58.9 Å². The maximum atomic E-state index is 12.0. The first-order chi connectivity index (χ1) is 9.08. The number of nitrogens with two attached hydrogens (primary N) is 1. The van der Waals surface area contributed by atoms with E-state index in [-0.39, 0.29) is 5.91 Å². The quantitative estimate of drug-likeness (QED) is 0.826. The van der Waals surface area contributed by atoms with Gasteiger partial charge in [-0.25, -0.2) is 0 Å². The van der Waals surface area contributed by atoms with E-state index >= 15 is 0 Å². The Bertz CT molecular complexity index is 608. The van der Waals surface area contributed by atoms with E-state index in [0.29, 0.717) is 17.8 Å². The Morgan fingerprint density at radius 2 is 2.05 bits per heavy atom. The number of nitrogens with one attached hydrogen (secondary N) is 1. The summed E-state index contributed by atoms with van der Waals surface area (Å²) in [6.07, 6.45) is 1.72. The maximum Gasteiger partial charge on any atom is 0.251 e. The maximum absolute atomic E-state index is 12.0. The number of nitrogen functional groups attached to an aromatic ring is 1. The molecule has 0 aliphatic heterocycles. The SMILES string of the molecule is Cc1ccc(C(=O)NCc2ncccc2C)cc1N. The fraction of sp³-hybridized carbons (Fsp3) is 0.200. The minimum Gasteiger partial charge on any atom is -0.398 e. The summed E-state index contributed by atoms with van der Waals surface area (Å²) in [5, 5.41) is 2.85. The standard InChI is InChI=1S/C15H17N3O/c1-10-5-6-12(8-13(10)16)15(19)18-9-14-11(2)4-3-7-17-14/h3-8H,9,16H2,1-2H3,(H,18,19). The number of anilines is 1. The van der Waals surface area contributed by atoms with Crippen molar-refractivity contribution in [3.63, 3.8) is 0 Å². The molecule has 4 nitrogen and oxygen atoms in total. The van der Waals surface area contributed by atoms with Crippen molar-refractivity contribution >= 4 is 11.6 Å². The van der Waals surface area contributed by atoms with Crippen LogP contribution in [0.5, 0.6) is 0 Å². The van der Waals surface area contributed by atoms with Crippen molar-refractivity contribution in [1.82, 2.24) is 10.3 Å². The first kappa shape index (κ1) is 13.1. The summed E-state index contributed by atoms with van der Waals surface area (Å²) in [6.45, 7) is 4.30. The molecule has 0 unspecified atom stereocenters. The minimum atomic E-state index is -0.142. The highest BCUT2D eigenvalue weighted by molar-refractivity contribution is 5.95. The van der Waals surface area contributed by atoms with E-state index in [1.165, 1.54) is 0 Å². The number of pyridine rings is 1. The van der Waals surface area contributed by atoms with Crippen molar-refractivity contribution in [2.24, 2.45) is 0 Å². The van der Waals surface area contributed by atoms with E-state index in [2.05, 4.69) is 10.3 Å². The molecule has 98 valence electrons. The predicted octanol–water partition coefficient (Wildman–Crippen LogP) is 2.21. The van der Waals surface area contributed by atoms with E-state index in [1.54, 1.807) is 18.3 Å². The van der Waals surface area contributed by atoms with Crippen molar-refractivity contribution < 1.29 is 4.79 Å². The average molecular weight is 255 g/mol. The zero-order chi connectivity index (χ0) is 13.8. The zero-order valence-electron chi connectivity index (χ0n) is 11.1. The number of amides is 1. The van der Waals surface area contributed by atoms with Crippen LogP contribution in [0.2, 0.25) is 0 Å². The first-order valence-corrected chi connectivity index (χ1v) is 6.13. The van der Waals surface area contributed by atoms with Crippen LogP contribution in [0.15, 0.2) is 36.5 Å². The molecule has 0 radical (unpaired) electrons. The van der Waals surface area contributed by atoms with Crippen molar-refractivity contribution in [3.8, 4) is 0 Å². The van der Waals surface area contributed by atoms with Crippen LogP contribution in [0.1, 0.15) is 27.2 Å². The Kier molecular flexibility index (Phi) is 3.80. The molecule has 0 saturated carbocycles. The summed E-state index contributed by atoms with van der Waals surface area (Å²) >= 11 is 0. The van der Waals surface area contributed by atoms with Crippen LogP contribution in [-0.2, 0) is 6.54 Å². The van der Waals surface area contributed by atoms with Gasteiger partial charge >= 0.3 is 0 Å². The molecule has 2 rings (SSSR count). The number of hydrogen-bond donors (Lipinski definition) is 2. The largest absolute Gasteiger partial charge is 0.398 e. The van der Waals surface area contributed by atoms with Gasteiger partial charge in [-0.2, -0.15) is 0 Å². The van der Waals surface area contributed by atoms with E-state index in [9.17, 15) is 4.79 Å². The van der Waals surface area contributed by atoms with Crippen LogP contribution in [0.4, 0.5) is 5.69 Å². The normalized spacial score (nSPS) is 10.2. The molecule has 1 heterocycles. The van der Waals surface area contributed by atoms with E-state index < -0.39 is 0 Å². The minimum absolute atomic E-state index is 0.142. The lowest BCUT2D eigenvalue weighted by atomic mass is 10.1. The van der Waals surface area contributed by atoms with Crippen LogP contribution in [0.25, 0.3) is 0 Å². The third-order valence-electron chi connectivity index (χ3n) is 3.08. The highest BCUT2D eigenvalue weighted by atomic mass is 16.1. The van der Waals surface area contributed by atoms with Gasteiger partial charge in [0.15, 0.2) is 0 Å². The van der Waals surface area contributed by atoms with Crippen LogP contribution in [0.3, 0.4) is 0 Å². The fourth-order valence-electron chi connectivity index (χ4n) is 1.75. The second-order valence-electron chi connectivity index (χ2n) is 4.52. The molecule has 4 heteroatoms. The molecule has 0 saturated heterocycles. The zero-order valence-corrected chi connectivity index (χ0v) is 11.1. The van der Waals surface area contributed by atoms with E-state index in [0.717, 1.165) is 16.8 Å². The van der Waals surface area contributed by atoms with Gasteiger partial charge in [0.05, 0.1) is 12.2 Å². The van der Waals surface area contributed by atoms with Crippen molar-refractivity contribution in [2.75, 3.05) is 5.73 Å². The Hall–Kier alpha value is -2.36. The molecule has 0 fully saturated rings. The summed E-state index contributed by atoms with van der Waals surface area (Å²) in [6, 6.07) is 9.15. The second kappa shape index (κ2) is 5.52. The third kappa shape index (κ3) is 3.10. The molecule has 1 amide bonds. The molecule has 2 aromatic rings. The molecule has 1 aromatic carbocycles. The summed E-state index contributed by atoms with van der Waals surface area (Å²) < 4.78 is 0. The van der Waals surface area contributed by atoms with Crippen LogP contribution in [-0.4, -0.2) is 10.9 Å². The second-order valence-corrected chi connectivity index (χ2v) is 4.52. The van der Waals surface area contributed by atoms with Gasteiger partial charge in [-0.05, 0) is 43.2 Å². The van der Waals surface area contributed by atoms with E-state index in [4.69, 9.17) is 5.73 Å². The predicted molar refractivity (Wildman–Crippen MR) is 75.7 cm³/mol. The Labute approximate surface area is 112 Å². The van der Waals surface area contributed by atoms with Gasteiger partial charge in [0, 0.05) is 17.4 Å². The van der Waals surface area contributed by atoms with E-state index in [1.807, 2.05) is 32.0 Å². The Morgan fingerprint density at radius 1 is 1.26 bits per heavy atom. The number of carbonyl (C=O) groups is 1. The lowest BCUT2D eigenvalue weighted by Crippen LogP contribution is -2.23. The molecule has 3 N–H and O–H groups in total. The van der Waals surface area contributed by atoms with Crippen LogP contribution < -0.4 is 11.1 Å². The summed E-state index contributed by atoms with van der Waals surface area (Å²) in [5.41, 5.74) is 9.89. The molecule has 0 bridgehead atoms. The number of hydrogen-bond acceptors (Lipinski definition) is 3. The number of aromatic nitrogens is 1. The van der Waals surface area contributed by atoms with Gasteiger partial charge in [0.25, 0.3) is 5.91 Å². The molecule has 1 aromatic heterocycles. The van der Waals surface area contributed by atoms with Gasteiger partial charge in [0.1, 0.15) is 0 Å². The average Bonchev–Trinajstić information content (AvgIpc) is 2.40. The molecule has 0 spiro atoms. The Balaban J connectivity index is 2.05. The molecule has 0 atom stereocenters. The van der Waals surface area contributed by atoms with Gasteiger partial charge in [-0.15, -0.1) is 0 Å². The molecule has 0 aliphatic carbocycles. The highest BCUT2D eigenvalue weighted by Crippen LogP contribution is 2.13. The van der Waals surface area contributed by atoms with Gasteiger partial charge in [0.2, 0.25) is 0 Å². The summed E-state index contributed by atoms with van der Waals surface area (Å²) in [7, 11) is 0.